The van der Waals surface area contributed by atoms with Crippen molar-refractivity contribution in [2.45, 2.75) is 51.9 Å². The molecule has 0 unspecified atom stereocenters. The van der Waals surface area contributed by atoms with Crippen molar-refractivity contribution >= 4 is 10.9 Å². The molecule has 0 fully saturated rings. The Labute approximate surface area is 110 Å². The third-order valence-corrected chi connectivity index (χ3v) is 3.47. The van der Waals surface area contributed by atoms with Crippen LogP contribution in [0.1, 0.15) is 51.0 Å². The van der Waals surface area contributed by atoms with Crippen molar-refractivity contribution in [3.05, 3.63) is 42.1 Å². The molecular formula is C17H22N. The van der Waals surface area contributed by atoms with Crippen molar-refractivity contribution < 1.29 is 0 Å². The largest absolute Gasteiger partial charge is 0.246 e. The average molecular weight is 240 g/mol. The number of hydrogen-bond donors (Lipinski definition) is 0. The molecule has 0 saturated carbocycles. The van der Waals surface area contributed by atoms with Gasteiger partial charge in [-0.2, -0.15) is 0 Å². The summed E-state index contributed by atoms with van der Waals surface area (Å²) in [7, 11) is 0. The monoisotopic (exact) mass is 240 g/mol. The van der Waals surface area contributed by atoms with Gasteiger partial charge in [-0.15, -0.1) is 0 Å². The van der Waals surface area contributed by atoms with E-state index in [1.165, 1.54) is 49.5 Å². The maximum atomic E-state index is 4.29. The van der Waals surface area contributed by atoms with Crippen LogP contribution in [0.2, 0.25) is 0 Å². The Morgan fingerprint density at radius 3 is 2.67 bits per heavy atom. The van der Waals surface area contributed by atoms with Crippen molar-refractivity contribution in [3.63, 3.8) is 0 Å². The zero-order valence-electron chi connectivity index (χ0n) is 11.3. The van der Waals surface area contributed by atoms with E-state index in [2.05, 4.69) is 36.3 Å². The number of aromatic nitrogens is 1. The molecular weight excluding hydrogens is 218 g/mol. The predicted molar refractivity (Wildman–Crippen MR) is 77.7 cm³/mol. The van der Waals surface area contributed by atoms with Gasteiger partial charge in [-0.25, -0.2) is 4.98 Å². The summed E-state index contributed by atoms with van der Waals surface area (Å²) in [5, 5.41) is 1.30. The van der Waals surface area contributed by atoms with Gasteiger partial charge in [-0.05, 0) is 30.5 Å². The topological polar surface area (TPSA) is 12.9 Å². The van der Waals surface area contributed by atoms with Crippen LogP contribution in [0.3, 0.4) is 0 Å². The lowest BCUT2D eigenvalue weighted by Crippen LogP contribution is -1.90. The third kappa shape index (κ3) is 3.56. The van der Waals surface area contributed by atoms with E-state index in [-0.39, 0.29) is 0 Å². The summed E-state index contributed by atoms with van der Waals surface area (Å²) in [5.74, 6) is 0. The van der Waals surface area contributed by atoms with Gasteiger partial charge in [0, 0.05) is 5.39 Å². The van der Waals surface area contributed by atoms with Crippen LogP contribution in [0, 0.1) is 6.20 Å². The van der Waals surface area contributed by atoms with Crippen LogP contribution < -0.4 is 0 Å². The summed E-state index contributed by atoms with van der Waals surface area (Å²) in [6, 6.07) is 10.4. The van der Waals surface area contributed by atoms with Crippen molar-refractivity contribution in [1.82, 2.24) is 4.98 Å². The van der Waals surface area contributed by atoms with Crippen molar-refractivity contribution in [2.24, 2.45) is 0 Å². The number of pyridine rings is 1. The highest BCUT2D eigenvalue weighted by atomic mass is 14.6. The van der Waals surface area contributed by atoms with E-state index in [9.17, 15) is 0 Å². The number of fused-ring (bicyclic) bond motifs is 1. The lowest BCUT2D eigenvalue weighted by atomic mass is 10.0. The molecule has 1 aromatic carbocycles. The number of para-hydroxylation sites is 1. The SMILES string of the molecule is CCCCCCCCc1c[c]nc2ccccc12. The van der Waals surface area contributed by atoms with Crippen LogP contribution in [0.4, 0.5) is 0 Å². The number of benzene rings is 1. The van der Waals surface area contributed by atoms with E-state index in [0.29, 0.717) is 0 Å². The Kier molecular flexibility index (Phi) is 5.19. The Hall–Kier alpha value is -1.37. The highest BCUT2D eigenvalue weighted by Crippen LogP contribution is 2.18. The van der Waals surface area contributed by atoms with Gasteiger partial charge in [0.05, 0.1) is 11.7 Å². The summed E-state index contributed by atoms with van der Waals surface area (Å²) in [6.45, 7) is 2.26. The minimum Gasteiger partial charge on any atom is -0.246 e. The zero-order valence-corrected chi connectivity index (χ0v) is 11.3. The van der Waals surface area contributed by atoms with Crippen molar-refractivity contribution in [3.8, 4) is 0 Å². The number of rotatable bonds is 7. The molecule has 0 N–H and O–H groups in total. The van der Waals surface area contributed by atoms with Gasteiger partial charge in [0.15, 0.2) is 0 Å². The molecule has 0 bridgehead atoms. The highest BCUT2D eigenvalue weighted by molar-refractivity contribution is 5.81. The van der Waals surface area contributed by atoms with Gasteiger partial charge in [0.2, 0.25) is 0 Å². The normalized spacial score (nSPS) is 10.9. The van der Waals surface area contributed by atoms with E-state index >= 15 is 0 Å². The predicted octanol–water partition coefficient (Wildman–Crippen LogP) is 4.94. The quantitative estimate of drug-likeness (QED) is 0.625. The second-order valence-electron chi connectivity index (χ2n) is 4.95. The molecule has 1 heterocycles. The van der Waals surface area contributed by atoms with Gasteiger partial charge >= 0.3 is 0 Å². The summed E-state index contributed by atoms with van der Waals surface area (Å²) >= 11 is 0. The Morgan fingerprint density at radius 1 is 1.00 bits per heavy atom. The Balaban J connectivity index is 1.88. The van der Waals surface area contributed by atoms with Gasteiger partial charge < -0.3 is 0 Å². The third-order valence-electron chi connectivity index (χ3n) is 3.47. The molecule has 0 aliphatic rings. The zero-order chi connectivity index (χ0) is 12.6. The number of unbranched alkanes of at least 4 members (excludes halogenated alkanes) is 5. The fraction of sp³-hybridized carbons (Fsp3) is 0.471. The first-order valence-electron chi connectivity index (χ1n) is 7.16. The van der Waals surface area contributed by atoms with Crippen LogP contribution in [0.5, 0.6) is 0 Å². The molecule has 0 amide bonds. The molecule has 0 atom stereocenters. The van der Waals surface area contributed by atoms with E-state index in [4.69, 9.17) is 0 Å². The summed E-state index contributed by atoms with van der Waals surface area (Å²) in [4.78, 5) is 4.29. The summed E-state index contributed by atoms with van der Waals surface area (Å²) in [5.41, 5.74) is 2.47. The smallest absolute Gasteiger partial charge is 0.0897 e. The molecule has 2 rings (SSSR count). The Bertz CT molecular complexity index is 470. The molecule has 1 aromatic heterocycles. The molecule has 1 heteroatoms. The number of hydrogen-bond acceptors (Lipinski definition) is 1. The fourth-order valence-electron chi connectivity index (χ4n) is 2.40. The van der Waals surface area contributed by atoms with Crippen LogP contribution in [0.15, 0.2) is 30.3 Å². The van der Waals surface area contributed by atoms with Gasteiger partial charge in [0.1, 0.15) is 0 Å². The van der Waals surface area contributed by atoms with Crippen molar-refractivity contribution in [1.29, 1.82) is 0 Å². The molecule has 0 spiro atoms. The second kappa shape index (κ2) is 7.15. The summed E-state index contributed by atoms with van der Waals surface area (Å²) < 4.78 is 0. The first kappa shape index (κ1) is 13.1. The van der Waals surface area contributed by atoms with Gasteiger partial charge in [0.25, 0.3) is 0 Å². The van der Waals surface area contributed by atoms with E-state index in [0.717, 1.165) is 11.9 Å². The second-order valence-corrected chi connectivity index (χ2v) is 4.95. The maximum Gasteiger partial charge on any atom is 0.0897 e. The molecule has 95 valence electrons. The average Bonchev–Trinajstić information content (AvgIpc) is 2.43. The summed E-state index contributed by atoms with van der Waals surface area (Å²) in [6.07, 6.45) is 12.3. The van der Waals surface area contributed by atoms with E-state index in [1.54, 1.807) is 0 Å². The number of nitrogens with zero attached hydrogens (tertiary/aromatic N) is 1. The minimum absolute atomic E-state index is 1.07. The van der Waals surface area contributed by atoms with Crippen LogP contribution in [-0.2, 0) is 6.42 Å². The van der Waals surface area contributed by atoms with Crippen molar-refractivity contribution in [2.75, 3.05) is 0 Å². The fourth-order valence-corrected chi connectivity index (χ4v) is 2.40. The molecule has 0 aliphatic carbocycles. The molecule has 18 heavy (non-hydrogen) atoms. The molecule has 1 nitrogen and oxygen atoms in total. The van der Waals surface area contributed by atoms with Crippen LogP contribution in [-0.4, -0.2) is 4.98 Å². The first-order chi connectivity index (χ1) is 8.92. The lowest BCUT2D eigenvalue weighted by Gasteiger charge is -2.05. The maximum absolute atomic E-state index is 4.29. The lowest BCUT2D eigenvalue weighted by molar-refractivity contribution is 0.608. The standard InChI is InChI=1S/C17H22N/c1-2-3-4-5-6-7-10-15-13-14-18-17-12-9-8-11-16(15)17/h8-9,11-13H,2-7,10H2,1H3. The molecule has 0 saturated heterocycles. The Morgan fingerprint density at radius 2 is 1.78 bits per heavy atom. The van der Waals surface area contributed by atoms with E-state index < -0.39 is 0 Å². The molecule has 2 aromatic rings. The van der Waals surface area contributed by atoms with Crippen LogP contribution in [0.25, 0.3) is 10.9 Å². The minimum atomic E-state index is 1.07. The first-order valence-corrected chi connectivity index (χ1v) is 7.16. The molecule has 0 aliphatic heterocycles. The number of aryl methyl sites for hydroxylation is 1. The highest BCUT2D eigenvalue weighted by Gasteiger charge is 2.01. The molecule has 1 radical (unpaired) electrons. The van der Waals surface area contributed by atoms with Gasteiger partial charge in [-0.3, -0.25) is 0 Å². The van der Waals surface area contributed by atoms with Crippen LogP contribution >= 0.6 is 0 Å². The van der Waals surface area contributed by atoms with Gasteiger partial charge in [-0.1, -0.05) is 57.2 Å². The van der Waals surface area contributed by atoms with E-state index in [1.807, 2.05) is 12.1 Å².